The second kappa shape index (κ2) is 8.42. The molecule has 0 bridgehead atoms. The van der Waals surface area contributed by atoms with Gasteiger partial charge in [-0.1, -0.05) is 0 Å². The summed E-state index contributed by atoms with van der Waals surface area (Å²) in [5.41, 5.74) is 0.718. The molecule has 24 heavy (non-hydrogen) atoms. The molecule has 7 heteroatoms. The van der Waals surface area contributed by atoms with E-state index in [1.165, 1.54) is 21.3 Å². The Balaban J connectivity index is 1.96. The van der Waals surface area contributed by atoms with Crippen molar-refractivity contribution >= 4 is 11.8 Å². The Morgan fingerprint density at radius 2 is 1.62 bits per heavy atom. The maximum Gasteiger partial charge on any atom is 0.241 e. The van der Waals surface area contributed by atoms with Gasteiger partial charge in [-0.25, -0.2) is 0 Å². The Kier molecular flexibility index (Phi) is 6.28. The van der Waals surface area contributed by atoms with Crippen molar-refractivity contribution in [2.24, 2.45) is 0 Å². The van der Waals surface area contributed by atoms with Crippen molar-refractivity contribution in [2.45, 2.75) is 19.3 Å². The highest BCUT2D eigenvalue weighted by atomic mass is 16.5. The van der Waals surface area contributed by atoms with Crippen LogP contribution < -0.4 is 19.5 Å². The van der Waals surface area contributed by atoms with E-state index in [0.717, 1.165) is 31.5 Å². The number of hydrogen-bond donors (Lipinski definition) is 1. The number of nitrogens with one attached hydrogen (secondary N) is 1. The molecular weight excluding hydrogens is 312 g/mol. The summed E-state index contributed by atoms with van der Waals surface area (Å²) >= 11 is 0. The maximum absolute atomic E-state index is 12.1. The van der Waals surface area contributed by atoms with Gasteiger partial charge in [0.05, 0.1) is 34.3 Å². The SMILES string of the molecule is COc1cc(CC(=O)NCC(=O)N2CCCC2)cc(OC)c1OC. The molecule has 132 valence electrons. The summed E-state index contributed by atoms with van der Waals surface area (Å²) in [5, 5.41) is 2.67. The second-order valence-electron chi connectivity index (χ2n) is 5.57. The number of nitrogens with zero attached hydrogens (tertiary/aromatic N) is 1. The smallest absolute Gasteiger partial charge is 0.241 e. The van der Waals surface area contributed by atoms with Crippen LogP contribution in [0.4, 0.5) is 0 Å². The molecule has 1 aromatic rings. The Morgan fingerprint density at radius 1 is 1.04 bits per heavy atom. The highest BCUT2D eigenvalue weighted by Crippen LogP contribution is 2.38. The van der Waals surface area contributed by atoms with Crippen LogP contribution in [-0.4, -0.2) is 57.7 Å². The Morgan fingerprint density at radius 3 is 2.12 bits per heavy atom. The van der Waals surface area contributed by atoms with Gasteiger partial charge in [-0.15, -0.1) is 0 Å². The lowest BCUT2D eigenvalue weighted by molar-refractivity contribution is -0.131. The van der Waals surface area contributed by atoms with Gasteiger partial charge in [0.25, 0.3) is 0 Å². The molecule has 1 saturated heterocycles. The van der Waals surface area contributed by atoms with Gasteiger partial charge in [-0.2, -0.15) is 0 Å². The van der Waals surface area contributed by atoms with Crippen LogP contribution in [-0.2, 0) is 16.0 Å². The summed E-state index contributed by atoms with van der Waals surface area (Å²) in [4.78, 5) is 25.8. The molecule has 7 nitrogen and oxygen atoms in total. The number of carbonyl (C=O) groups is 2. The molecule has 1 N–H and O–H groups in total. The average molecular weight is 336 g/mol. The summed E-state index contributed by atoms with van der Waals surface area (Å²) < 4.78 is 15.8. The maximum atomic E-state index is 12.1. The molecule has 0 aromatic heterocycles. The zero-order valence-corrected chi connectivity index (χ0v) is 14.4. The standard InChI is InChI=1S/C17H24N2O5/c1-22-13-8-12(9-14(23-2)17(13)24-3)10-15(20)18-11-16(21)19-6-4-5-7-19/h8-9H,4-7,10-11H2,1-3H3,(H,18,20). The van der Waals surface area contributed by atoms with Crippen LogP contribution in [0.3, 0.4) is 0 Å². The third-order valence-electron chi connectivity index (χ3n) is 3.98. The molecule has 1 aliphatic heterocycles. The molecule has 0 aliphatic carbocycles. The van der Waals surface area contributed by atoms with Crippen LogP contribution in [0.25, 0.3) is 0 Å². The molecule has 1 fully saturated rings. The van der Waals surface area contributed by atoms with Gasteiger partial charge >= 0.3 is 0 Å². The Labute approximate surface area is 141 Å². The van der Waals surface area contributed by atoms with Crippen LogP contribution in [0.1, 0.15) is 18.4 Å². The number of carbonyl (C=O) groups excluding carboxylic acids is 2. The molecule has 0 spiro atoms. The number of ether oxygens (including phenoxy) is 3. The fraction of sp³-hybridized carbons (Fsp3) is 0.529. The first-order valence-electron chi connectivity index (χ1n) is 7.92. The normalized spacial score (nSPS) is 13.5. The summed E-state index contributed by atoms with van der Waals surface area (Å²) in [7, 11) is 4.57. The minimum absolute atomic E-state index is 0.0310. The number of rotatable bonds is 7. The van der Waals surface area contributed by atoms with Crippen LogP contribution >= 0.6 is 0 Å². The fourth-order valence-corrected chi connectivity index (χ4v) is 2.74. The van der Waals surface area contributed by atoms with Gasteiger partial charge in [0.2, 0.25) is 17.6 Å². The van der Waals surface area contributed by atoms with E-state index in [1.54, 1.807) is 17.0 Å². The lowest BCUT2D eigenvalue weighted by atomic mass is 10.1. The number of likely N-dealkylation sites (tertiary alicyclic amines) is 1. The van der Waals surface area contributed by atoms with Gasteiger partial charge in [0.1, 0.15) is 0 Å². The lowest BCUT2D eigenvalue weighted by Crippen LogP contribution is -2.39. The second-order valence-corrected chi connectivity index (χ2v) is 5.57. The summed E-state index contributed by atoms with van der Waals surface area (Å²) in [5.74, 6) is 1.21. The summed E-state index contributed by atoms with van der Waals surface area (Å²) in [6.07, 6.45) is 2.19. The predicted octanol–water partition coefficient (Wildman–Crippen LogP) is 0.993. The average Bonchev–Trinajstić information content (AvgIpc) is 3.13. The van der Waals surface area contributed by atoms with Gasteiger partial charge in [0.15, 0.2) is 11.5 Å². The monoisotopic (exact) mass is 336 g/mol. The van der Waals surface area contributed by atoms with Crippen molar-refractivity contribution in [3.8, 4) is 17.2 Å². The first-order valence-corrected chi connectivity index (χ1v) is 7.92. The zero-order chi connectivity index (χ0) is 17.5. The molecule has 0 saturated carbocycles. The summed E-state index contributed by atoms with van der Waals surface area (Å²) in [6.45, 7) is 1.59. The number of benzene rings is 1. The molecule has 0 unspecified atom stereocenters. The van der Waals surface area contributed by atoms with Crippen molar-refractivity contribution in [1.29, 1.82) is 0 Å². The Hall–Kier alpha value is -2.44. The largest absolute Gasteiger partial charge is 0.493 e. The first kappa shape index (κ1) is 17.9. The van der Waals surface area contributed by atoms with E-state index in [4.69, 9.17) is 14.2 Å². The molecule has 2 rings (SSSR count). The van der Waals surface area contributed by atoms with E-state index in [0.29, 0.717) is 17.2 Å². The highest BCUT2D eigenvalue weighted by Gasteiger charge is 2.19. The highest BCUT2D eigenvalue weighted by molar-refractivity contribution is 5.86. The van der Waals surface area contributed by atoms with Crippen molar-refractivity contribution in [3.05, 3.63) is 17.7 Å². The zero-order valence-electron chi connectivity index (χ0n) is 14.4. The Bertz CT molecular complexity index is 572. The van der Waals surface area contributed by atoms with E-state index in [2.05, 4.69) is 5.32 Å². The van der Waals surface area contributed by atoms with Crippen molar-refractivity contribution in [1.82, 2.24) is 10.2 Å². The van der Waals surface area contributed by atoms with E-state index in [1.807, 2.05) is 0 Å². The third kappa shape index (κ3) is 4.31. The topological polar surface area (TPSA) is 77.1 Å². The lowest BCUT2D eigenvalue weighted by Gasteiger charge is -2.16. The molecule has 2 amide bonds. The van der Waals surface area contributed by atoms with Crippen LogP contribution in [0.2, 0.25) is 0 Å². The van der Waals surface area contributed by atoms with Crippen molar-refractivity contribution in [2.75, 3.05) is 41.0 Å². The third-order valence-corrected chi connectivity index (χ3v) is 3.98. The van der Waals surface area contributed by atoms with Gasteiger partial charge in [0, 0.05) is 13.1 Å². The van der Waals surface area contributed by atoms with Crippen molar-refractivity contribution in [3.63, 3.8) is 0 Å². The number of methoxy groups -OCH3 is 3. The molecule has 1 aliphatic rings. The molecule has 1 aromatic carbocycles. The van der Waals surface area contributed by atoms with E-state index in [9.17, 15) is 9.59 Å². The van der Waals surface area contributed by atoms with Gasteiger partial charge in [-0.05, 0) is 30.5 Å². The van der Waals surface area contributed by atoms with Gasteiger partial charge in [-0.3, -0.25) is 9.59 Å². The van der Waals surface area contributed by atoms with Crippen LogP contribution in [0.5, 0.6) is 17.2 Å². The minimum atomic E-state index is -0.225. The first-order chi connectivity index (χ1) is 11.6. The van der Waals surface area contributed by atoms with E-state index < -0.39 is 0 Å². The molecule has 1 heterocycles. The predicted molar refractivity (Wildman–Crippen MR) is 88.6 cm³/mol. The molecule has 0 radical (unpaired) electrons. The quantitative estimate of drug-likeness (QED) is 0.804. The van der Waals surface area contributed by atoms with Crippen LogP contribution in [0, 0.1) is 0 Å². The van der Waals surface area contributed by atoms with E-state index >= 15 is 0 Å². The molecular formula is C17H24N2O5. The van der Waals surface area contributed by atoms with Crippen molar-refractivity contribution < 1.29 is 23.8 Å². The molecule has 0 atom stereocenters. The van der Waals surface area contributed by atoms with E-state index in [-0.39, 0.29) is 24.8 Å². The fourth-order valence-electron chi connectivity index (χ4n) is 2.74. The number of hydrogen-bond acceptors (Lipinski definition) is 5. The number of amides is 2. The minimum Gasteiger partial charge on any atom is -0.493 e. The van der Waals surface area contributed by atoms with Gasteiger partial charge < -0.3 is 24.4 Å². The summed E-state index contributed by atoms with van der Waals surface area (Å²) in [6, 6.07) is 3.45. The van der Waals surface area contributed by atoms with Crippen LogP contribution in [0.15, 0.2) is 12.1 Å².